The van der Waals surface area contributed by atoms with Crippen molar-refractivity contribution in [2.45, 2.75) is 33.4 Å². The molecular formula is C16H21N3O3. The first-order chi connectivity index (χ1) is 10.4. The largest absolute Gasteiger partial charge is 0.491 e. The molecule has 0 saturated heterocycles. The summed E-state index contributed by atoms with van der Waals surface area (Å²) in [6.07, 6.45) is -0.645. The Labute approximate surface area is 129 Å². The molecule has 1 atom stereocenters. The molecule has 1 aromatic heterocycles. The van der Waals surface area contributed by atoms with Gasteiger partial charge in [0.25, 0.3) is 0 Å². The highest BCUT2D eigenvalue weighted by atomic mass is 16.5. The van der Waals surface area contributed by atoms with Gasteiger partial charge in [0.2, 0.25) is 5.91 Å². The standard InChI is InChI=1S/C16H21N3O3/c1-11-8-12(2)19(18-11)9-15(21)10-22-16-6-4-14(5-7-16)17-13(3)20/h4-8,15,21H,9-10H2,1-3H3,(H,17,20)/t15-/m0/s1. The Balaban J connectivity index is 1.84. The highest BCUT2D eigenvalue weighted by Crippen LogP contribution is 2.16. The number of amides is 1. The maximum Gasteiger partial charge on any atom is 0.221 e. The maximum atomic E-state index is 10.9. The summed E-state index contributed by atoms with van der Waals surface area (Å²) in [6, 6.07) is 8.98. The summed E-state index contributed by atoms with van der Waals surface area (Å²) in [5.41, 5.74) is 2.65. The SMILES string of the molecule is CC(=O)Nc1ccc(OC[C@@H](O)Cn2nc(C)cc2C)cc1. The van der Waals surface area contributed by atoms with Crippen LogP contribution in [0.2, 0.25) is 0 Å². The molecule has 0 aliphatic rings. The summed E-state index contributed by atoms with van der Waals surface area (Å²) >= 11 is 0. The third-order valence-electron chi connectivity index (χ3n) is 3.10. The van der Waals surface area contributed by atoms with E-state index in [1.54, 1.807) is 28.9 Å². The summed E-state index contributed by atoms with van der Waals surface area (Å²) < 4.78 is 7.31. The molecule has 0 unspecified atom stereocenters. The van der Waals surface area contributed by atoms with Crippen LogP contribution >= 0.6 is 0 Å². The average Bonchev–Trinajstić information content (AvgIpc) is 2.75. The quantitative estimate of drug-likeness (QED) is 0.854. The van der Waals surface area contributed by atoms with Gasteiger partial charge in [-0.1, -0.05) is 0 Å². The minimum absolute atomic E-state index is 0.117. The van der Waals surface area contributed by atoms with Gasteiger partial charge in [-0.15, -0.1) is 0 Å². The Morgan fingerprint density at radius 2 is 2.05 bits per heavy atom. The van der Waals surface area contributed by atoms with Crippen molar-refractivity contribution in [3.05, 3.63) is 41.7 Å². The fourth-order valence-electron chi connectivity index (χ4n) is 2.14. The number of carbonyl (C=O) groups excluding carboxylic acids is 1. The maximum absolute atomic E-state index is 10.9. The molecule has 0 saturated carbocycles. The Morgan fingerprint density at radius 1 is 1.36 bits per heavy atom. The van der Waals surface area contributed by atoms with Crippen molar-refractivity contribution in [3.8, 4) is 5.75 Å². The van der Waals surface area contributed by atoms with Gasteiger partial charge in [-0.3, -0.25) is 9.48 Å². The molecule has 0 aliphatic heterocycles. The second-order valence-corrected chi connectivity index (χ2v) is 5.28. The van der Waals surface area contributed by atoms with Gasteiger partial charge in [-0.2, -0.15) is 5.10 Å². The normalized spacial score (nSPS) is 12.0. The van der Waals surface area contributed by atoms with Gasteiger partial charge in [-0.25, -0.2) is 0 Å². The lowest BCUT2D eigenvalue weighted by Crippen LogP contribution is -2.24. The lowest BCUT2D eigenvalue weighted by atomic mass is 10.3. The number of carbonyl (C=O) groups is 1. The number of anilines is 1. The molecular weight excluding hydrogens is 282 g/mol. The molecule has 0 radical (unpaired) electrons. The molecule has 1 heterocycles. The summed E-state index contributed by atoms with van der Waals surface area (Å²) in [5.74, 6) is 0.524. The number of aromatic nitrogens is 2. The lowest BCUT2D eigenvalue weighted by molar-refractivity contribution is -0.114. The highest BCUT2D eigenvalue weighted by molar-refractivity contribution is 5.88. The molecule has 6 nitrogen and oxygen atoms in total. The van der Waals surface area contributed by atoms with Gasteiger partial charge >= 0.3 is 0 Å². The molecule has 1 aromatic carbocycles. The molecule has 2 rings (SSSR count). The van der Waals surface area contributed by atoms with Crippen LogP contribution in [-0.2, 0) is 11.3 Å². The molecule has 1 amide bonds. The fourth-order valence-corrected chi connectivity index (χ4v) is 2.14. The van der Waals surface area contributed by atoms with Crippen LogP contribution in [0.1, 0.15) is 18.3 Å². The fraction of sp³-hybridized carbons (Fsp3) is 0.375. The van der Waals surface area contributed by atoms with Gasteiger partial charge in [0.05, 0.1) is 12.2 Å². The van der Waals surface area contributed by atoms with Crippen LogP contribution in [0.5, 0.6) is 5.75 Å². The van der Waals surface area contributed by atoms with E-state index in [4.69, 9.17) is 4.74 Å². The lowest BCUT2D eigenvalue weighted by Gasteiger charge is -2.14. The van der Waals surface area contributed by atoms with Gasteiger partial charge in [0.1, 0.15) is 18.5 Å². The highest BCUT2D eigenvalue weighted by Gasteiger charge is 2.09. The van der Waals surface area contributed by atoms with Gasteiger partial charge in [0, 0.05) is 18.3 Å². The van der Waals surface area contributed by atoms with Crippen LogP contribution in [-0.4, -0.2) is 33.5 Å². The summed E-state index contributed by atoms with van der Waals surface area (Å²) in [4.78, 5) is 10.9. The monoisotopic (exact) mass is 303 g/mol. The van der Waals surface area contributed by atoms with E-state index in [2.05, 4.69) is 10.4 Å². The molecule has 0 spiro atoms. The number of benzene rings is 1. The number of rotatable bonds is 6. The van der Waals surface area contributed by atoms with E-state index < -0.39 is 6.10 Å². The van der Waals surface area contributed by atoms with E-state index in [0.29, 0.717) is 18.0 Å². The number of hydrogen-bond acceptors (Lipinski definition) is 4. The first-order valence-corrected chi connectivity index (χ1v) is 7.13. The predicted octanol–water partition coefficient (Wildman–Crippen LogP) is 1.90. The predicted molar refractivity (Wildman–Crippen MR) is 83.9 cm³/mol. The summed E-state index contributed by atoms with van der Waals surface area (Å²) in [7, 11) is 0. The molecule has 2 N–H and O–H groups in total. The number of aliphatic hydroxyl groups excluding tert-OH is 1. The van der Waals surface area contributed by atoms with E-state index in [9.17, 15) is 9.90 Å². The molecule has 0 aliphatic carbocycles. The number of nitrogens with one attached hydrogen (secondary N) is 1. The molecule has 22 heavy (non-hydrogen) atoms. The Morgan fingerprint density at radius 3 is 2.59 bits per heavy atom. The van der Waals surface area contributed by atoms with Crippen LogP contribution in [0.15, 0.2) is 30.3 Å². The van der Waals surface area contributed by atoms with Crippen LogP contribution < -0.4 is 10.1 Å². The minimum atomic E-state index is -0.645. The van der Waals surface area contributed by atoms with Crippen molar-refractivity contribution in [1.29, 1.82) is 0 Å². The number of nitrogens with zero attached hydrogens (tertiary/aromatic N) is 2. The first kappa shape index (κ1) is 16.0. The third-order valence-corrected chi connectivity index (χ3v) is 3.10. The number of aryl methyl sites for hydroxylation is 2. The molecule has 0 fully saturated rings. The molecule has 0 bridgehead atoms. The summed E-state index contributed by atoms with van der Waals surface area (Å²) in [5, 5.41) is 17.0. The number of aliphatic hydroxyl groups is 1. The van der Waals surface area contributed by atoms with E-state index >= 15 is 0 Å². The van der Waals surface area contributed by atoms with E-state index in [-0.39, 0.29) is 12.5 Å². The molecule has 6 heteroatoms. The van der Waals surface area contributed by atoms with Crippen molar-refractivity contribution >= 4 is 11.6 Å². The van der Waals surface area contributed by atoms with Crippen molar-refractivity contribution in [2.24, 2.45) is 0 Å². The Hall–Kier alpha value is -2.34. The number of hydrogen-bond donors (Lipinski definition) is 2. The zero-order valence-electron chi connectivity index (χ0n) is 13.0. The van der Waals surface area contributed by atoms with Crippen LogP contribution in [0.4, 0.5) is 5.69 Å². The van der Waals surface area contributed by atoms with Gasteiger partial charge < -0.3 is 15.2 Å². The van der Waals surface area contributed by atoms with Gasteiger partial charge in [-0.05, 0) is 44.2 Å². The van der Waals surface area contributed by atoms with Crippen molar-refractivity contribution < 1.29 is 14.6 Å². The topological polar surface area (TPSA) is 76.4 Å². The van der Waals surface area contributed by atoms with Crippen LogP contribution in [0.3, 0.4) is 0 Å². The zero-order valence-corrected chi connectivity index (χ0v) is 13.0. The summed E-state index contributed by atoms with van der Waals surface area (Å²) in [6.45, 7) is 5.90. The minimum Gasteiger partial charge on any atom is -0.491 e. The van der Waals surface area contributed by atoms with Crippen molar-refractivity contribution in [1.82, 2.24) is 9.78 Å². The Kier molecular flexibility index (Phi) is 5.16. The van der Waals surface area contributed by atoms with Crippen molar-refractivity contribution in [2.75, 3.05) is 11.9 Å². The van der Waals surface area contributed by atoms with Crippen molar-refractivity contribution in [3.63, 3.8) is 0 Å². The molecule has 2 aromatic rings. The van der Waals surface area contributed by atoms with Gasteiger partial charge in [0.15, 0.2) is 0 Å². The third kappa shape index (κ3) is 4.60. The zero-order chi connectivity index (χ0) is 16.1. The average molecular weight is 303 g/mol. The van der Waals surface area contributed by atoms with Crippen LogP contribution in [0, 0.1) is 13.8 Å². The first-order valence-electron chi connectivity index (χ1n) is 7.13. The smallest absolute Gasteiger partial charge is 0.221 e. The van der Waals surface area contributed by atoms with E-state index in [0.717, 1.165) is 11.4 Å². The van der Waals surface area contributed by atoms with E-state index in [1.807, 2.05) is 19.9 Å². The Bertz CT molecular complexity index is 635. The number of ether oxygens (including phenoxy) is 1. The second kappa shape index (κ2) is 7.09. The van der Waals surface area contributed by atoms with E-state index in [1.165, 1.54) is 6.92 Å². The molecule has 118 valence electrons. The van der Waals surface area contributed by atoms with Crippen LogP contribution in [0.25, 0.3) is 0 Å². The second-order valence-electron chi connectivity index (χ2n) is 5.28.